The maximum absolute atomic E-state index is 11.9. The highest BCUT2D eigenvalue weighted by molar-refractivity contribution is 5.64. The molecule has 1 aliphatic rings. The molecule has 0 bridgehead atoms. The second-order valence-corrected chi connectivity index (χ2v) is 5.07. The SMILES string of the molecule is CCCC1(O)CN(c2c(N)n(CC)c(=O)[nH]c2=O)C1. The molecule has 7 nitrogen and oxygen atoms in total. The maximum Gasteiger partial charge on any atom is 0.330 e. The first-order valence-corrected chi connectivity index (χ1v) is 6.51. The summed E-state index contributed by atoms with van der Waals surface area (Å²) in [6, 6.07) is 0. The lowest BCUT2D eigenvalue weighted by molar-refractivity contribution is 0.00328. The summed E-state index contributed by atoms with van der Waals surface area (Å²) in [5.74, 6) is 0.162. The molecule has 1 fully saturated rings. The van der Waals surface area contributed by atoms with Gasteiger partial charge in [0, 0.05) is 19.6 Å². The third-order valence-corrected chi connectivity index (χ3v) is 3.53. The van der Waals surface area contributed by atoms with E-state index in [1.54, 1.807) is 11.8 Å². The summed E-state index contributed by atoms with van der Waals surface area (Å²) in [7, 11) is 0. The van der Waals surface area contributed by atoms with Crippen molar-refractivity contribution in [1.82, 2.24) is 9.55 Å². The lowest BCUT2D eigenvalue weighted by atomic mass is 9.89. The maximum atomic E-state index is 11.9. The number of aromatic nitrogens is 2. The van der Waals surface area contributed by atoms with Gasteiger partial charge in [-0.05, 0) is 13.3 Å². The molecule has 0 saturated carbocycles. The molecule has 1 aromatic rings. The first-order chi connectivity index (χ1) is 8.91. The Bertz CT molecular complexity index is 584. The van der Waals surface area contributed by atoms with E-state index in [1.165, 1.54) is 4.57 Å². The first-order valence-electron chi connectivity index (χ1n) is 6.51. The number of aromatic amines is 1. The number of hydrogen-bond donors (Lipinski definition) is 3. The summed E-state index contributed by atoms with van der Waals surface area (Å²) in [5.41, 5.74) is 4.42. The molecule has 1 aromatic heterocycles. The molecule has 1 saturated heterocycles. The summed E-state index contributed by atoms with van der Waals surface area (Å²) in [6.07, 6.45) is 1.57. The number of aliphatic hydroxyl groups is 1. The van der Waals surface area contributed by atoms with E-state index in [1.807, 2.05) is 6.92 Å². The van der Waals surface area contributed by atoms with Crippen LogP contribution in [0.2, 0.25) is 0 Å². The molecule has 106 valence electrons. The number of rotatable bonds is 4. The molecular weight excluding hydrogens is 248 g/mol. The summed E-state index contributed by atoms with van der Waals surface area (Å²) >= 11 is 0. The van der Waals surface area contributed by atoms with Crippen molar-refractivity contribution in [3.63, 3.8) is 0 Å². The van der Waals surface area contributed by atoms with Gasteiger partial charge in [0.05, 0.1) is 5.60 Å². The Kier molecular flexibility index (Phi) is 3.40. The highest BCUT2D eigenvalue weighted by Gasteiger charge is 2.42. The molecule has 0 aromatic carbocycles. The number of β-amino-alcohol motifs (C(OH)–C–C–N with tert-alkyl or cyclic N) is 1. The lowest BCUT2D eigenvalue weighted by Gasteiger charge is -2.47. The van der Waals surface area contributed by atoms with Crippen LogP contribution < -0.4 is 21.9 Å². The normalized spacial score (nSPS) is 17.3. The lowest BCUT2D eigenvalue weighted by Crippen LogP contribution is -2.63. The van der Waals surface area contributed by atoms with Crippen LogP contribution in [-0.4, -0.2) is 33.3 Å². The summed E-state index contributed by atoms with van der Waals surface area (Å²) in [6.45, 7) is 4.91. The molecule has 0 amide bonds. The fourth-order valence-electron chi connectivity index (χ4n) is 2.64. The van der Waals surface area contributed by atoms with Crippen LogP contribution >= 0.6 is 0 Å². The average molecular weight is 268 g/mol. The summed E-state index contributed by atoms with van der Waals surface area (Å²) in [5, 5.41) is 10.1. The van der Waals surface area contributed by atoms with Crippen LogP contribution in [0.4, 0.5) is 11.5 Å². The Morgan fingerprint density at radius 2 is 2.00 bits per heavy atom. The first kappa shape index (κ1) is 13.7. The topological polar surface area (TPSA) is 104 Å². The van der Waals surface area contributed by atoms with Crippen molar-refractivity contribution in [3.05, 3.63) is 20.8 Å². The molecule has 0 unspecified atom stereocenters. The predicted octanol–water partition coefficient (Wildman–Crippen LogP) is -0.510. The Morgan fingerprint density at radius 1 is 1.37 bits per heavy atom. The van der Waals surface area contributed by atoms with Crippen LogP contribution in [0.3, 0.4) is 0 Å². The van der Waals surface area contributed by atoms with E-state index in [4.69, 9.17) is 5.73 Å². The van der Waals surface area contributed by atoms with Crippen LogP contribution in [0.25, 0.3) is 0 Å². The third-order valence-electron chi connectivity index (χ3n) is 3.53. The monoisotopic (exact) mass is 268 g/mol. The van der Waals surface area contributed by atoms with Gasteiger partial charge in [-0.1, -0.05) is 13.3 Å². The number of H-pyrrole nitrogens is 1. The van der Waals surface area contributed by atoms with Gasteiger partial charge in [0.15, 0.2) is 0 Å². The smallest absolute Gasteiger partial charge is 0.330 e. The van der Waals surface area contributed by atoms with Gasteiger partial charge in [0.2, 0.25) is 0 Å². The average Bonchev–Trinajstić information content (AvgIpc) is 2.27. The molecule has 4 N–H and O–H groups in total. The zero-order valence-electron chi connectivity index (χ0n) is 11.3. The number of nitrogens with one attached hydrogen (secondary N) is 1. The van der Waals surface area contributed by atoms with Crippen molar-refractivity contribution in [1.29, 1.82) is 0 Å². The largest absolute Gasteiger partial charge is 0.386 e. The van der Waals surface area contributed by atoms with Crippen molar-refractivity contribution >= 4 is 11.5 Å². The van der Waals surface area contributed by atoms with Gasteiger partial charge in [-0.15, -0.1) is 0 Å². The minimum absolute atomic E-state index is 0.162. The third kappa shape index (κ3) is 2.25. The minimum atomic E-state index is -0.749. The van der Waals surface area contributed by atoms with Gasteiger partial charge < -0.3 is 15.7 Å². The highest BCUT2D eigenvalue weighted by atomic mass is 16.3. The van der Waals surface area contributed by atoms with E-state index >= 15 is 0 Å². The van der Waals surface area contributed by atoms with Gasteiger partial charge in [-0.25, -0.2) is 4.79 Å². The molecule has 7 heteroatoms. The Hall–Kier alpha value is -1.76. The van der Waals surface area contributed by atoms with Crippen molar-refractivity contribution in [2.75, 3.05) is 23.7 Å². The molecule has 0 aliphatic carbocycles. The van der Waals surface area contributed by atoms with Crippen LogP contribution in [0.5, 0.6) is 0 Å². The van der Waals surface area contributed by atoms with E-state index in [-0.39, 0.29) is 11.5 Å². The Morgan fingerprint density at radius 3 is 2.53 bits per heavy atom. The zero-order chi connectivity index (χ0) is 14.2. The van der Waals surface area contributed by atoms with Crippen LogP contribution in [0, 0.1) is 0 Å². The van der Waals surface area contributed by atoms with Gasteiger partial charge in [-0.2, -0.15) is 0 Å². The second kappa shape index (κ2) is 4.73. The van der Waals surface area contributed by atoms with E-state index in [2.05, 4.69) is 4.98 Å². The second-order valence-electron chi connectivity index (χ2n) is 5.07. The fourth-order valence-corrected chi connectivity index (χ4v) is 2.64. The summed E-state index contributed by atoms with van der Waals surface area (Å²) < 4.78 is 1.31. The molecule has 0 atom stereocenters. The van der Waals surface area contributed by atoms with Crippen LogP contribution in [0.15, 0.2) is 9.59 Å². The molecular formula is C12H20N4O3. The molecule has 2 heterocycles. The standard InChI is InChI=1S/C12H20N4O3/c1-3-5-12(19)6-15(7-12)8-9(13)16(4-2)11(18)14-10(8)17/h19H,3-7,13H2,1-2H3,(H,14,17,18). The van der Waals surface area contributed by atoms with E-state index < -0.39 is 16.9 Å². The predicted molar refractivity (Wildman–Crippen MR) is 73.5 cm³/mol. The van der Waals surface area contributed by atoms with Crippen LogP contribution in [0.1, 0.15) is 26.7 Å². The van der Waals surface area contributed by atoms with Gasteiger partial charge in [0.25, 0.3) is 5.56 Å². The van der Waals surface area contributed by atoms with E-state index in [9.17, 15) is 14.7 Å². The van der Waals surface area contributed by atoms with E-state index in [0.717, 1.165) is 6.42 Å². The number of nitrogen functional groups attached to an aromatic ring is 1. The number of hydrogen-bond acceptors (Lipinski definition) is 5. The van der Waals surface area contributed by atoms with Crippen molar-refractivity contribution in [2.24, 2.45) is 0 Å². The van der Waals surface area contributed by atoms with Crippen molar-refractivity contribution in [2.45, 2.75) is 38.8 Å². The van der Waals surface area contributed by atoms with Crippen molar-refractivity contribution < 1.29 is 5.11 Å². The molecule has 0 radical (unpaired) electrons. The molecule has 19 heavy (non-hydrogen) atoms. The quantitative estimate of drug-likeness (QED) is 0.682. The summed E-state index contributed by atoms with van der Waals surface area (Å²) in [4.78, 5) is 27.4. The van der Waals surface area contributed by atoms with Gasteiger partial charge >= 0.3 is 5.69 Å². The number of anilines is 2. The zero-order valence-corrected chi connectivity index (χ0v) is 11.3. The minimum Gasteiger partial charge on any atom is -0.386 e. The molecule has 2 rings (SSSR count). The molecule has 0 spiro atoms. The fraction of sp³-hybridized carbons (Fsp3) is 0.667. The highest BCUT2D eigenvalue weighted by Crippen LogP contribution is 2.31. The number of nitrogens with zero attached hydrogens (tertiary/aromatic N) is 2. The van der Waals surface area contributed by atoms with Crippen LogP contribution in [-0.2, 0) is 6.54 Å². The van der Waals surface area contributed by atoms with Crippen molar-refractivity contribution in [3.8, 4) is 0 Å². The van der Waals surface area contributed by atoms with Gasteiger partial charge in [0.1, 0.15) is 11.5 Å². The Labute approximate surface area is 110 Å². The molecule has 1 aliphatic heterocycles. The number of nitrogens with two attached hydrogens (primary N) is 1. The van der Waals surface area contributed by atoms with E-state index in [0.29, 0.717) is 26.1 Å². The van der Waals surface area contributed by atoms with Gasteiger partial charge in [-0.3, -0.25) is 14.3 Å². The Balaban J connectivity index is 2.33.